The van der Waals surface area contributed by atoms with Crippen LogP contribution in [0.4, 0.5) is 11.4 Å². The summed E-state index contributed by atoms with van der Waals surface area (Å²) in [6, 6.07) is 3.10. The Kier molecular flexibility index (Phi) is 6.99. The number of nitrogens with one attached hydrogen (secondary N) is 1. The van der Waals surface area contributed by atoms with Crippen molar-refractivity contribution in [2.45, 2.75) is 26.2 Å². The van der Waals surface area contributed by atoms with Crippen LogP contribution in [-0.4, -0.2) is 19.1 Å². The Labute approximate surface area is 123 Å². The SMILES string of the molecule is CCCOCCCC(=O)Nc1c(Cl)cc(N)cc1Cl. The van der Waals surface area contributed by atoms with Crippen LogP contribution in [0.15, 0.2) is 12.1 Å². The van der Waals surface area contributed by atoms with E-state index in [0.29, 0.717) is 40.9 Å². The van der Waals surface area contributed by atoms with E-state index in [2.05, 4.69) is 5.32 Å². The van der Waals surface area contributed by atoms with Gasteiger partial charge in [-0.15, -0.1) is 0 Å². The Balaban J connectivity index is 2.44. The lowest BCUT2D eigenvalue weighted by atomic mass is 10.2. The van der Waals surface area contributed by atoms with Crippen LogP contribution in [0.25, 0.3) is 0 Å². The van der Waals surface area contributed by atoms with Gasteiger partial charge >= 0.3 is 0 Å². The summed E-state index contributed by atoms with van der Waals surface area (Å²) in [5.41, 5.74) is 6.45. The van der Waals surface area contributed by atoms with Gasteiger partial charge in [-0.3, -0.25) is 4.79 Å². The van der Waals surface area contributed by atoms with Crippen molar-refractivity contribution in [3.8, 4) is 0 Å². The topological polar surface area (TPSA) is 64.3 Å². The normalized spacial score (nSPS) is 10.5. The largest absolute Gasteiger partial charge is 0.399 e. The zero-order valence-corrected chi connectivity index (χ0v) is 12.4. The number of hydrogen-bond donors (Lipinski definition) is 2. The van der Waals surface area contributed by atoms with E-state index in [1.807, 2.05) is 6.92 Å². The molecule has 1 rings (SSSR count). The zero-order valence-electron chi connectivity index (χ0n) is 10.8. The molecule has 0 aliphatic carbocycles. The van der Waals surface area contributed by atoms with Gasteiger partial charge in [-0.05, 0) is 25.0 Å². The maximum absolute atomic E-state index is 11.7. The molecule has 1 amide bonds. The van der Waals surface area contributed by atoms with E-state index < -0.39 is 0 Å². The first-order chi connectivity index (χ1) is 9.04. The minimum absolute atomic E-state index is 0.145. The summed E-state index contributed by atoms with van der Waals surface area (Å²) in [5.74, 6) is -0.145. The van der Waals surface area contributed by atoms with Crippen molar-refractivity contribution in [1.82, 2.24) is 0 Å². The van der Waals surface area contributed by atoms with Gasteiger partial charge in [-0.1, -0.05) is 30.1 Å². The fourth-order valence-electron chi connectivity index (χ4n) is 1.50. The number of halogens is 2. The van der Waals surface area contributed by atoms with Crippen molar-refractivity contribution in [1.29, 1.82) is 0 Å². The average Bonchev–Trinajstić information content (AvgIpc) is 2.33. The maximum Gasteiger partial charge on any atom is 0.224 e. The van der Waals surface area contributed by atoms with Gasteiger partial charge in [0.25, 0.3) is 0 Å². The molecule has 3 N–H and O–H groups in total. The van der Waals surface area contributed by atoms with Crippen LogP contribution in [-0.2, 0) is 9.53 Å². The second-order valence-electron chi connectivity index (χ2n) is 4.12. The molecule has 0 heterocycles. The lowest BCUT2D eigenvalue weighted by Gasteiger charge is -2.10. The first kappa shape index (κ1) is 16.1. The second-order valence-corrected chi connectivity index (χ2v) is 4.94. The number of nitrogen functional groups attached to an aromatic ring is 1. The lowest BCUT2D eigenvalue weighted by molar-refractivity contribution is -0.116. The molecular weight excluding hydrogens is 287 g/mol. The first-order valence-electron chi connectivity index (χ1n) is 6.16. The monoisotopic (exact) mass is 304 g/mol. The number of anilines is 2. The van der Waals surface area contributed by atoms with Crippen molar-refractivity contribution in [3.05, 3.63) is 22.2 Å². The van der Waals surface area contributed by atoms with Crippen LogP contribution in [0.1, 0.15) is 26.2 Å². The van der Waals surface area contributed by atoms with E-state index in [1.54, 1.807) is 12.1 Å². The molecule has 19 heavy (non-hydrogen) atoms. The molecule has 106 valence electrons. The van der Waals surface area contributed by atoms with Crippen LogP contribution in [0, 0.1) is 0 Å². The van der Waals surface area contributed by atoms with Crippen molar-refractivity contribution in [3.63, 3.8) is 0 Å². The molecule has 1 aromatic carbocycles. The highest BCUT2D eigenvalue weighted by Crippen LogP contribution is 2.32. The van der Waals surface area contributed by atoms with Crippen molar-refractivity contribution >= 4 is 40.5 Å². The molecular formula is C13H18Cl2N2O2. The molecule has 4 nitrogen and oxygen atoms in total. The summed E-state index contributed by atoms with van der Waals surface area (Å²) >= 11 is 12.0. The molecule has 0 radical (unpaired) electrons. The average molecular weight is 305 g/mol. The molecule has 0 saturated heterocycles. The number of hydrogen-bond acceptors (Lipinski definition) is 3. The predicted molar refractivity (Wildman–Crippen MR) is 79.8 cm³/mol. The number of amides is 1. The van der Waals surface area contributed by atoms with E-state index in [4.69, 9.17) is 33.7 Å². The number of ether oxygens (including phenoxy) is 1. The Morgan fingerprint density at radius 1 is 1.32 bits per heavy atom. The molecule has 0 saturated carbocycles. The highest BCUT2D eigenvalue weighted by Gasteiger charge is 2.10. The van der Waals surface area contributed by atoms with Crippen LogP contribution in [0.2, 0.25) is 10.0 Å². The minimum atomic E-state index is -0.145. The van der Waals surface area contributed by atoms with Gasteiger partial charge in [0.2, 0.25) is 5.91 Å². The molecule has 0 unspecified atom stereocenters. The summed E-state index contributed by atoms with van der Waals surface area (Å²) in [5, 5.41) is 3.35. The van der Waals surface area contributed by atoms with Gasteiger partial charge in [0.15, 0.2) is 0 Å². The Hall–Kier alpha value is -0.970. The minimum Gasteiger partial charge on any atom is -0.399 e. The highest BCUT2D eigenvalue weighted by atomic mass is 35.5. The number of carbonyl (C=O) groups excluding carboxylic acids is 1. The third kappa shape index (κ3) is 5.68. The maximum atomic E-state index is 11.7. The molecule has 0 aromatic heterocycles. The summed E-state index contributed by atoms with van der Waals surface area (Å²) in [6.07, 6.45) is 2.00. The number of rotatable bonds is 7. The van der Waals surface area contributed by atoms with E-state index >= 15 is 0 Å². The van der Waals surface area contributed by atoms with E-state index in [9.17, 15) is 4.79 Å². The summed E-state index contributed by atoms with van der Waals surface area (Å²) in [4.78, 5) is 11.7. The Morgan fingerprint density at radius 3 is 2.53 bits per heavy atom. The third-order valence-corrected chi connectivity index (χ3v) is 2.97. The first-order valence-corrected chi connectivity index (χ1v) is 6.92. The Morgan fingerprint density at radius 2 is 1.95 bits per heavy atom. The Bertz CT molecular complexity index is 416. The zero-order chi connectivity index (χ0) is 14.3. The van der Waals surface area contributed by atoms with Gasteiger partial charge in [0.1, 0.15) is 0 Å². The van der Waals surface area contributed by atoms with E-state index in [1.165, 1.54) is 0 Å². The number of carbonyl (C=O) groups is 1. The molecule has 0 fully saturated rings. The fraction of sp³-hybridized carbons (Fsp3) is 0.462. The fourth-order valence-corrected chi connectivity index (χ4v) is 2.09. The second kappa shape index (κ2) is 8.25. The third-order valence-electron chi connectivity index (χ3n) is 2.37. The van der Waals surface area contributed by atoms with Crippen LogP contribution in [0.3, 0.4) is 0 Å². The smallest absolute Gasteiger partial charge is 0.224 e. The molecule has 0 atom stereocenters. The van der Waals surface area contributed by atoms with Crippen molar-refractivity contribution in [2.75, 3.05) is 24.3 Å². The van der Waals surface area contributed by atoms with E-state index in [0.717, 1.165) is 13.0 Å². The summed E-state index contributed by atoms with van der Waals surface area (Å²) < 4.78 is 5.30. The molecule has 1 aromatic rings. The van der Waals surface area contributed by atoms with Gasteiger partial charge in [-0.25, -0.2) is 0 Å². The summed E-state index contributed by atoms with van der Waals surface area (Å²) in [7, 11) is 0. The molecule has 0 aliphatic heterocycles. The van der Waals surface area contributed by atoms with Crippen LogP contribution in [0.5, 0.6) is 0 Å². The number of nitrogens with two attached hydrogens (primary N) is 1. The van der Waals surface area contributed by atoms with Gasteiger partial charge in [0.05, 0.1) is 15.7 Å². The highest BCUT2D eigenvalue weighted by molar-refractivity contribution is 6.40. The molecule has 6 heteroatoms. The molecule has 0 spiro atoms. The van der Waals surface area contributed by atoms with E-state index in [-0.39, 0.29) is 5.91 Å². The van der Waals surface area contributed by atoms with Crippen molar-refractivity contribution < 1.29 is 9.53 Å². The molecule has 0 bridgehead atoms. The van der Waals surface area contributed by atoms with Gasteiger partial charge in [0, 0.05) is 25.3 Å². The quantitative estimate of drug-likeness (QED) is 0.596. The van der Waals surface area contributed by atoms with Gasteiger partial charge in [-0.2, -0.15) is 0 Å². The van der Waals surface area contributed by atoms with Crippen LogP contribution >= 0.6 is 23.2 Å². The number of benzene rings is 1. The lowest BCUT2D eigenvalue weighted by Crippen LogP contribution is -2.13. The van der Waals surface area contributed by atoms with Gasteiger partial charge < -0.3 is 15.8 Å². The predicted octanol–water partition coefficient (Wildman–Crippen LogP) is 3.72. The van der Waals surface area contributed by atoms with Crippen molar-refractivity contribution in [2.24, 2.45) is 0 Å². The summed E-state index contributed by atoms with van der Waals surface area (Å²) in [6.45, 7) is 3.33. The standard InChI is InChI=1S/C13H18Cl2N2O2/c1-2-5-19-6-3-4-12(18)17-13-10(14)7-9(16)8-11(13)15/h7-8H,2-6,16H2,1H3,(H,17,18). The van der Waals surface area contributed by atoms with Crippen LogP contribution < -0.4 is 11.1 Å². The molecule has 0 aliphatic rings.